The number of aryl methyl sites for hydroxylation is 2. The first kappa shape index (κ1) is 17.3. The van der Waals surface area contributed by atoms with Crippen LogP contribution in [-0.2, 0) is 11.3 Å². The molecule has 2 aromatic rings. The van der Waals surface area contributed by atoms with Crippen LogP contribution in [0.15, 0.2) is 22.0 Å². The van der Waals surface area contributed by atoms with Gasteiger partial charge in [0.2, 0.25) is 5.91 Å². The molecule has 0 aromatic carbocycles. The van der Waals surface area contributed by atoms with Gasteiger partial charge in [0.1, 0.15) is 5.76 Å². The normalized spacial score (nSPS) is 19.5. The van der Waals surface area contributed by atoms with Crippen LogP contribution in [0.3, 0.4) is 0 Å². The maximum atomic E-state index is 12.6. The second-order valence-corrected chi connectivity index (χ2v) is 8.45. The number of carbonyl (C=O) groups is 2. The van der Waals surface area contributed by atoms with Crippen molar-refractivity contribution in [3.63, 3.8) is 0 Å². The lowest BCUT2D eigenvalue weighted by atomic mass is 9.77. The molecule has 2 aliphatic rings. The molecule has 2 aliphatic heterocycles. The standard InChI is InChI=1S/C19H23N3O3S/c1-13-15(14(2)25-20-13)11-22-12-19(10-17(22)23)5-7-21(8-6-19)18(24)16-4-3-9-26-16/h3-4,9H,5-8,10-12H2,1-2H3. The third-order valence-corrected chi connectivity index (χ3v) is 6.64. The summed E-state index contributed by atoms with van der Waals surface area (Å²) in [6, 6.07) is 3.79. The van der Waals surface area contributed by atoms with Crippen LogP contribution in [0.25, 0.3) is 0 Å². The van der Waals surface area contributed by atoms with Crippen molar-refractivity contribution < 1.29 is 14.1 Å². The average molecular weight is 373 g/mol. The molecule has 6 nitrogen and oxygen atoms in total. The van der Waals surface area contributed by atoms with E-state index in [1.807, 2.05) is 41.2 Å². The molecule has 2 saturated heterocycles. The smallest absolute Gasteiger partial charge is 0.263 e. The predicted molar refractivity (Wildman–Crippen MR) is 97.9 cm³/mol. The fourth-order valence-electron chi connectivity index (χ4n) is 4.12. The van der Waals surface area contributed by atoms with Crippen molar-refractivity contribution in [1.29, 1.82) is 0 Å². The maximum Gasteiger partial charge on any atom is 0.263 e. The lowest BCUT2D eigenvalue weighted by Crippen LogP contribution is -2.44. The Morgan fingerprint density at radius 1 is 1.35 bits per heavy atom. The first-order valence-corrected chi connectivity index (χ1v) is 9.88. The van der Waals surface area contributed by atoms with E-state index < -0.39 is 0 Å². The number of hydrogen-bond donors (Lipinski definition) is 0. The quantitative estimate of drug-likeness (QED) is 0.829. The predicted octanol–water partition coefficient (Wildman–Crippen LogP) is 3.01. The highest BCUT2D eigenvalue weighted by Crippen LogP contribution is 2.42. The molecule has 138 valence electrons. The Hall–Kier alpha value is -2.15. The average Bonchev–Trinajstić information content (AvgIpc) is 3.33. The lowest BCUT2D eigenvalue weighted by molar-refractivity contribution is -0.128. The minimum Gasteiger partial charge on any atom is -0.361 e. The van der Waals surface area contributed by atoms with Crippen LogP contribution in [0.5, 0.6) is 0 Å². The summed E-state index contributed by atoms with van der Waals surface area (Å²) in [7, 11) is 0. The van der Waals surface area contributed by atoms with Crippen molar-refractivity contribution >= 4 is 23.2 Å². The fourth-order valence-corrected chi connectivity index (χ4v) is 4.81. The van der Waals surface area contributed by atoms with Crippen LogP contribution >= 0.6 is 11.3 Å². The number of likely N-dealkylation sites (tertiary alicyclic amines) is 2. The summed E-state index contributed by atoms with van der Waals surface area (Å²) < 4.78 is 5.22. The topological polar surface area (TPSA) is 66.7 Å². The largest absolute Gasteiger partial charge is 0.361 e. The summed E-state index contributed by atoms with van der Waals surface area (Å²) in [4.78, 5) is 29.8. The Balaban J connectivity index is 1.40. The molecule has 0 radical (unpaired) electrons. The molecule has 2 aromatic heterocycles. The van der Waals surface area contributed by atoms with E-state index in [1.165, 1.54) is 11.3 Å². The second kappa shape index (κ2) is 6.54. The highest BCUT2D eigenvalue weighted by atomic mass is 32.1. The zero-order chi connectivity index (χ0) is 18.3. The molecule has 26 heavy (non-hydrogen) atoms. The zero-order valence-electron chi connectivity index (χ0n) is 15.2. The second-order valence-electron chi connectivity index (χ2n) is 7.50. The van der Waals surface area contributed by atoms with Gasteiger partial charge in [0, 0.05) is 37.0 Å². The number of carbonyl (C=O) groups excluding carboxylic acids is 2. The van der Waals surface area contributed by atoms with Crippen LogP contribution in [0.1, 0.15) is 46.0 Å². The van der Waals surface area contributed by atoms with E-state index in [4.69, 9.17) is 4.52 Å². The molecule has 7 heteroatoms. The summed E-state index contributed by atoms with van der Waals surface area (Å²) in [5.74, 6) is 1.10. The molecule has 0 unspecified atom stereocenters. The molecule has 1 spiro atoms. The SMILES string of the molecule is Cc1noc(C)c1CN1CC2(CCN(C(=O)c3cccs3)CC2)CC1=O. The van der Waals surface area contributed by atoms with Crippen molar-refractivity contribution in [2.45, 2.75) is 39.7 Å². The van der Waals surface area contributed by atoms with Crippen LogP contribution in [-0.4, -0.2) is 46.4 Å². The number of thiophene rings is 1. The van der Waals surface area contributed by atoms with E-state index in [2.05, 4.69) is 5.16 Å². The zero-order valence-corrected chi connectivity index (χ0v) is 16.0. The third kappa shape index (κ3) is 3.05. The first-order valence-electron chi connectivity index (χ1n) is 9.00. The third-order valence-electron chi connectivity index (χ3n) is 5.78. The van der Waals surface area contributed by atoms with Crippen molar-refractivity contribution in [3.05, 3.63) is 39.4 Å². The van der Waals surface area contributed by atoms with Crippen LogP contribution in [0.4, 0.5) is 0 Å². The molecular weight excluding hydrogens is 350 g/mol. The van der Waals surface area contributed by atoms with Gasteiger partial charge in [0.15, 0.2) is 0 Å². The Morgan fingerprint density at radius 3 is 2.73 bits per heavy atom. The number of nitrogens with zero attached hydrogens (tertiary/aromatic N) is 3. The molecule has 0 atom stereocenters. The van der Waals surface area contributed by atoms with Gasteiger partial charge in [-0.05, 0) is 38.1 Å². The monoisotopic (exact) mass is 373 g/mol. The molecular formula is C19H23N3O3S. The highest BCUT2D eigenvalue weighted by Gasteiger charge is 2.45. The van der Waals surface area contributed by atoms with Crippen molar-refractivity contribution in [2.75, 3.05) is 19.6 Å². The van der Waals surface area contributed by atoms with Gasteiger partial charge in [0.05, 0.1) is 17.1 Å². The van der Waals surface area contributed by atoms with Gasteiger partial charge < -0.3 is 14.3 Å². The number of amides is 2. The van der Waals surface area contributed by atoms with E-state index >= 15 is 0 Å². The van der Waals surface area contributed by atoms with Crippen molar-refractivity contribution in [1.82, 2.24) is 15.0 Å². The first-order chi connectivity index (χ1) is 12.5. The molecule has 2 fully saturated rings. The molecule has 0 bridgehead atoms. The molecule has 0 aliphatic carbocycles. The Bertz CT molecular complexity index is 800. The van der Waals surface area contributed by atoms with Crippen LogP contribution in [0.2, 0.25) is 0 Å². The minimum absolute atomic E-state index is 0.00227. The molecule has 4 heterocycles. The summed E-state index contributed by atoms with van der Waals surface area (Å²) >= 11 is 1.49. The van der Waals surface area contributed by atoms with Crippen molar-refractivity contribution in [3.8, 4) is 0 Å². The Kier molecular flexibility index (Phi) is 4.34. The van der Waals surface area contributed by atoms with Gasteiger partial charge >= 0.3 is 0 Å². The van der Waals surface area contributed by atoms with Gasteiger partial charge in [-0.3, -0.25) is 9.59 Å². The minimum atomic E-state index is 0.00227. The molecule has 0 N–H and O–H groups in total. The van der Waals surface area contributed by atoms with E-state index in [0.29, 0.717) is 13.0 Å². The van der Waals surface area contributed by atoms with Gasteiger partial charge in [-0.2, -0.15) is 0 Å². The van der Waals surface area contributed by atoms with Gasteiger partial charge in [0.25, 0.3) is 5.91 Å². The Labute approximate surface area is 156 Å². The van der Waals surface area contributed by atoms with E-state index in [-0.39, 0.29) is 17.2 Å². The van der Waals surface area contributed by atoms with Gasteiger partial charge in [-0.25, -0.2) is 0 Å². The van der Waals surface area contributed by atoms with Crippen LogP contribution < -0.4 is 0 Å². The summed E-state index contributed by atoms with van der Waals surface area (Å²) in [6.07, 6.45) is 2.35. The molecule has 2 amide bonds. The van der Waals surface area contributed by atoms with E-state index in [9.17, 15) is 9.59 Å². The van der Waals surface area contributed by atoms with Gasteiger partial charge in [-0.15, -0.1) is 11.3 Å². The maximum absolute atomic E-state index is 12.6. The summed E-state index contributed by atoms with van der Waals surface area (Å²) in [5, 5.41) is 5.92. The van der Waals surface area contributed by atoms with Crippen LogP contribution in [0, 0.1) is 19.3 Å². The fraction of sp³-hybridized carbons (Fsp3) is 0.526. The number of hydrogen-bond acceptors (Lipinski definition) is 5. The summed E-state index contributed by atoms with van der Waals surface area (Å²) in [5.41, 5.74) is 1.87. The van der Waals surface area contributed by atoms with E-state index in [1.54, 1.807) is 0 Å². The summed E-state index contributed by atoms with van der Waals surface area (Å²) in [6.45, 7) is 6.58. The molecule has 0 saturated carbocycles. The number of aromatic nitrogens is 1. The lowest BCUT2D eigenvalue weighted by Gasteiger charge is -2.38. The van der Waals surface area contributed by atoms with Gasteiger partial charge in [-0.1, -0.05) is 11.2 Å². The van der Waals surface area contributed by atoms with E-state index in [0.717, 1.165) is 54.4 Å². The number of piperidine rings is 1. The number of rotatable bonds is 3. The highest BCUT2D eigenvalue weighted by molar-refractivity contribution is 7.12. The Morgan fingerprint density at radius 2 is 2.12 bits per heavy atom. The van der Waals surface area contributed by atoms with Crippen molar-refractivity contribution in [2.24, 2.45) is 5.41 Å². The molecule has 4 rings (SSSR count).